The highest BCUT2D eigenvalue weighted by Gasteiger charge is 2.09. The molecule has 4 heterocycles. The van der Waals surface area contributed by atoms with E-state index >= 15 is 0 Å². The van der Waals surface area contributed by atoms with Crippen LogP contribution in [0.25, 0.3) is 0 Å². The Morgan fingerprint density at radius 2 is 1.14 bits per heavy atom. The molecule has 0 atom stereocenters. The molecule has 2 aromatic carbocycles. The second-order valence-corrected chi connectivity index (χ2v) is 11.7. The molecule has 6 aromatic rings. The van der Waals surface area contributed by atoms with Crippen molar-refractivity contribution in [3.63, 3.8) is 0 Å². The number of rotatable bonds is 7. The molecule has 1 amide bonds. The van der Waals surface area contributed by atoms with Gasteiger partial charge in [-0.2, -0.15) is 0 Å². The van der Waals surface area contributed by atoms with E-state index in [1.807, 2.05) is 12.1 Å². The number of pyridine rings is 2. The first-order valence-electron chi connectivity index (χ1n) is 15.0. The number of anilines is 2. The Hall–Kier alpha value is -5.92. The summed E-state index contributed by atoms with van der Waals surface area (Å²) in [7, 11) is 0. The van der Waals surface area contributed by atoms with Crippen molar-refractivity contribution < 1.29 is 23.5 Å². The van der Waals surface area contributed by atoms with Crippen molar-refractivity contribution in [1.82, 2.24) is 29.9 Å². The van der Waals surface area contributed by atoms with Gasteiger partial charge in [-0.25, -0.2) is 33.5 Å². The van der Waals surface area contributed by atoms with Crippen molar-refractivity contribution >= 4 is 46.7 Å². The van der Waals surface area contributed by atoms with E-state index < -0.39 is 17.6 Å². The number of hydrogen-bond acceptors (Lipinski definition) is 9. The molecule has 0 bridgehead atoms. The van der Waals surface area contributed by atoms with Gasteiger partial charge in [0.2, 0.25) is 0 Å². The molecule has 0 unspecified atom stereocenters. The fraction of sp³-hybridized carbons (Fsp3) is 0.111. The number of carbonyl (C=O) groups is 2. The van der Waals surface area contributed by atoms with Gasteiger partial charge in [-0.1, -0.05) is 47.5 Å². The summed E-state index contributed by atoms with van der Waals surface area (Å²) in [6, 6.07) is 16.4. The number of nitrogens with zero attached hydrogens (tertiary/aromatic N) is 6. The van der Waals surface area contributed by atoms with E-state index in [0.29, 0.717) is 30.2 Å². The summed E-state index contributed by atoms with van der Waals surface area (Å²) in [5.74, 6) is -1.37. The number of benzene rings is 2. The SMILES string of the molecule is Cc1cnc(C(=O)Nc2ccc(Cc3ccc(F)c(Cl)c3)cn2)cn1.Cc1cnc(C(=O)O)cn1.Nc1ccc(Cc2ccc(F)c(Cl)c2)cn1. The standard InChI is InChI=1S/C18H14ClFN4O.C12H10ClFN2.C6H6N2O2/c1-11-8-22-16(10-21-11)18(25)24-17-5-3-13(9-23-17)6-12-2-4-15(20)14(19)7-12;13-10-6-8(1-3-11(10)14)5-9-2-4-12(15)16-7-9;1-4-2-8-5(3-7-4)6(9)10/h2-5,7-10H,6H2,1H3,(H,23,24,25);1-4,6-7H,5H2,(H2,15,16);2-3H,1H3,(H,9,10). The van der Waals surface area contributed by atoms with Gasteiger partial charge in [-0.15, -0.1) is 0 Å². The van der Waals surface area contributed by atoms with E-state index in [1.165, 1.54) is 36.9 Å². The third-order valence-electron chi connectivity index (χ3n) is 6.71. The first-order valence-corrected chi connectivity index (χ1v) is 15.8. The number of amides is 1. The molecule has 0 saturated carbocycles. The van der Waals surface area contributed by atoms with E-state index in [-0.39, 0.29) is 27.3 Å². The van der Waals surface area contributed by atoms with Crippen LogP contribution in [0.2, 0.25) is 10.0 Å². The highest BCUT2D eigenvalue weighted by molar-refractivity contribution is 6.31. The monoisotopic (exact) mass is 730 g/mol. The number of halogens is 4. The number of carbonyl (C=O) groups excluding carboxylic acids is 1. The molecule has 260 valence electrons. The molecule has 0 fully saturated rings. The summed E-state index contributed by atoms with van der Waals surface area (Å²) < 4.78 is 26.1. The zero-order valence-electron chi connectivity index (χ0n) is 27.2. The van der Waals surface area contributed by atoms with E-state index in [9.17, 15) is 18.4 Å². The van der Waals surface area contributed by atoms with Crippen LogP contribution >= 0.6 is 23.2 Å². The topological polar surface area (TPSA) is 170 Å². The Morgan fingerprint density at radius 3 is 1.55 bits per heavy atom. The maximum atomic E-state index is 13.2. The number of aromatic nitrogens is 6. The molecule has 51 heavy (non-hydrogen) atoms. The lowest BCUT2D eigenvalue weighted by Crippen LogP contribution is -2.15. The first-order chi connectivity index (χ1) is 24.4. The fourth-order valence-corrected chi connectivity index (χ4v) is 4.51. The first kappa shape index (κ1) is 37.9. The lowest BCUT2D eigenvalue weighted by Gasteiger charge is -2.06. The summed E-state index contributed by atoms with van der Waals surface area (Å²) >= 11 is 11.5. The quantitative estimate of drug-likeness (QED) is 0.151. The molecule has 0 aliphatic rings. The molecule has 11 nitrogen and oxygen atoms in total. The second kappa shape index (κ2) is 18.2. The summed E-state index contributed by atoms with van der Waals surface area (Å²) in [5.41, 5.74) is 10.9. The fourth-order valence-electron chi connectivity index (χ4n) is 4.11. The Balaban J connectivity index is 0.000000191. The Bertz CT molecular complexity index is 2090. The number of carboxylic acid groups (broad SMARTS) is 1. The van der Waals surface area contributed by atoms with Gasteiger partial charge in [0.15, 0.2) is 5.69 Å². The zero-order chi connectivity index (χ0) is 36.9. The van der Waals surface area contributed by atoms with Crippen LogP contribution in [0, 0.1) is 25.5 Å². The summed E-state index contributed by atoms with van der Waals surface area (Å²) in [5, 5.41) is 11.3. The van der Waals surface area contributed by atoms with Gasteiger partial charge in [0, 0.05) is 24.8 Å². The molecule has 0 aliphatic heterocycles. The molecule has 0 saturated heterocycles. The van der Waals surface area contributed by atoms with Crippen LogP contribution in [0.3, 0.4) is 0 Å². The van der Waals surface area contributed by atoms with Crippen LogP contribution in [-0.4, -0.2) is 46.9 Å². The zero-order valence-corrected chi connectivity index (χ0v) is 28.7. The molecule has 6 rings (SSSR count). The molecule has 0 radical (unpaired) electrons. The highest BCUT2D eigenvalue weighted by atomic mass is 35.5. The molecule has 0 spiro atoms. The number of carboxylic acids is 1. The van der Waals surface area contributed by atoms with Gasteiger partial charge in [-0.05, 0) is 85.3 Å². The van der Waals surface area contributed by atoms with E-state index in [4.69, 9.17) is 34.0 Å². The molecule has 15 heteroatoms. The molecular formula is C36H30Cl2F2N8O3. The summed E-state index contributed by atoms with van der Waals surface area (Å²) in [6.45, 7) is 3.54. The van der Waals surface area contributed by atoms with E-state index in [1.54, 1.807) is 62.6 Å². The van der Waals surface area contributed by atoms with Gasteiger partial charge in [-0.3, -0.25) is 14.8 Å². The van der Waals surface area contributed by atoms with Gasteiger partial charge >= 0.3 is 5.97 Å². The number of nitrogen functional groups attached to an aromatic ring is 1. The predicted octanol–water partition coefficient (Wildman–Crippen LogP) is 7.35. The minimum absolute atomic E-state index is 0.0226. The lowest BCUT2D eigenvalue weighted by molar-refractivity contribution is 0.0689. The van der Waals surface area contributed by atoms with Gasteiger partial charge in [0.25, 0.3) is 5.91 Å². The molecular weight excluding hydrogens is 701 g/mol. The van der Waals surface area contributed by atoms with Crippen molar-refractivity contribution in [2.24, 2.45) is 0 Å². The van der Waals surface area contributed by atoms with Crippen molar-refractivity contribution in [3.05, 3.63) is 165 Å². The second-order valence-electron chi connectivity index (χ2n) is 10.8. The molecule has 4 aromatic heterocycles. The smallest absolute Gasteiger partial charge is 0.356 e. The maximum Gasteiger partial charge on any atom is 0.356 e. The van der Waals surface area contributed by atoms with Crippen LogP contribution in [0.1, 0.15) is 54.6 Å². The average molecular weight is 732 g/mol. The van der Waals surface area contributed by atoms with E-state index in [2.05, 4.69) is 35.2 Å². The van der Waals surface area contributed by atoms with Gasteiger partial charge in [0.05, 0.1) is 33.8 Å². The lowest BCUT2D eigenvalue weighted by atomic mass is 10.1. The normalized spacial score (nSPS) is 10.2. The predicted molar refractivity (Wildman–Crippen MR) is 190 cm³/mol. The Labute approximate surface area is 301 Å². The maximum absolute atomic E-state index is 13.2. The van der Waals surface area contributed by atoms with Crippen LogP contribution in [0.15, 0.2) is 97.8 Å². The van der Waals surface area contributed by atoms with Crippen LogP contribution in [0.5, 0.6) is 0 Å². The van der Waals surface area contributed by atoms with Gasteiger partial charge in [0.1, 0.15) is 29.0 Å². The highest BCUT2D eigenvalue weighted by Crippen LogP contribution is 2.20. The largest absolute Gasteiger partial charge is 0.476 e. The van der Waals surface area contributed by atoms with Crippen LogP contribution < -0.4 is 11.1 Å². The van der Waals surface area contributed by atoms with Crippen LogP contribution in [0.4, 0.5) is 20.4 Å². The number of aromatic carboxylic acids is 1. The van der Waals surface area contributed by atoms with Crippen molar-refractivity contribution in [2.75, 3.05) is 11.1 Å². The minimum atomic E-state index is -1.05. The third kappa shape index (κ3) is 12.2. The molecule has 4 N–H and O–H groups in total. The van der Waals surface area contributed by atoms with Crippen molar-refractivity contribution in [2.45, 2.75) is 26.7 Å². The summed E-state index contributed by atoms with van der Waals surface area (Å²) in [4.78, 5) is 45.9. The Kier molecular flexibility index (Phi) is 13.5. The van der Waals surface area contributed by atoms with Crippen molar-refractivity contribution in [1.29, 1.82) is 0 Å². The van der Waals surface area contributed by atoms with Crippen LogP contribution in [-0.2, 0) is 12.8 Å². The number of nitrogens with one attached hydrogen (secondary N) is 1. The third-order valence-corrected chi connectivity index (χ3v) is 7.29. The average Bonchev–Trinajstić information content (AvgIpc) is 3.11. The van der Waals surface area contributed by atoms with E-state index in [0.717, 1.165) is 27.9 Å². The number of hydrogen-bond donors (Lipinski definition) is 3. The van der Waals surface area contributed by atoms with Crippen molar-refractivity contribution in [3.8, 4) is 0 Å². The minimum Gasteiger partial charge on any atom is -0.476 e. The Morgan fingerprint density at radius 1 is 0.647 bits per heavy atom. The van der Waals surface area contributed by atoms with Gasteiger partial charge < -0.3 is 16.2 Å². The summed E-state index contributed by atoms with van der Waals surface area (Å²) in [6.07, 6.45) is 10.2. The number of aryl methyl sites for hydroxylation is 2. The molecule has 0 aliphatic carbocycles. The number of nitrogens with two attached hydrogens (primary N) is 1.